The normalized spacial score (nSPS) is 11.2. The lowest BCUT2D eigenvalue weighted by atomic mass is 10.1. The summed E-state index contributed by atoms with van der Waals surface area (Å²) in [6, 6.07) is 13.4. The first kappa shape index (κ1) is 24.8. The van der Waals surface area contributed by atoms with Crippen LogP contribution in [0.2, 0.25) is 0 Å². The Kier molecular flexibility index (Phi) is 8.91. The lowest BCUT2D eigenvalue weighted by molar-refractivity contribution is -0.145. The number of aromatic amines is 1. The third-order valence-electron chi connectivity index (χ3n) is 4.69. The van der Waals surface area contributed by atoms with Gasteiger partial charge in [-0.1, -0.05) is 18.2 Å². The van der Waals surface area contributed by atoms with Crippen molar-refractivity contribution in [2.45, 2.75) is 13.3 Å². The van der Waals surface area contributed by atoms with Crippen LogP contribution in [0.25, 0.3) is 17.0 Å². The summed E-state index contributed by atoms with van der Waals surface area (Å²) in [5, 5.41) is 13.4. The molecule has 0 aliphatic carbocycles. The van der Waals surface area contributed by atoms with Crippen molar-refractivity contribution in [3.05, 3.63) is 67.3 Å². The standard InChI is InChI=1S/C24H21BrIN3O4/c1-2-32-22(30)14-33-23-19(25)10-15(11-20(23)26)9-17(12-27)24(31)28-8-7-16-13-29-21-6-4-3-5-18(16)21/h3-6,9-11,13,29H,2,7-8,14H2,1H3,(H,28,31)/b17-9-. The van der Waals surface area contributed by atoms with Crippen LogP contribution in [-0.2, 0) is 20.7 Å². The van der Waals surface area contributed by atoms with Gasteiger partial charge in [-0.3, -0.25) is 4.79 Å². The van der Waals surface area contributed by atoms with Gasteiger partial charge in [-0.25, -0.2) is 4.79 Å². The molecule has 0 fully saturated rings. The molecule has 3 rings (SSSR count). The van der Waals surface area contributed by atoms with Gasteiger partial charge in [0.25, 0.3) is 5.91 Å². The molecule has 9 heteroatoms. The van der Waals surface area contributed by atoms with Crippen LogP contribution in [0.1, 0.15) is 18.1 Å². The molecule has 0 saturated heterocycles. The number of esters is 1. The van der Waals surface area contributed by atoms with Gasteiger partial charge in [0.2, 0.25) is 0 Å². The Balaban J connectivity index is 1.64. The fourth-order valence-electron chi connectivity index (χ4n) is 3.19. The molecular formula is C24H21BrIN3O4. The van der Waals surface area contributed by atoms with E-state index in [4.69, 9.17) is 9.47 Å². The zero-order chi connectivity index (χ0) is 23.8. The topological polar surface area (TPSA) is 104 Å². The minimum Gasteiger partial charge on any atom is -0.480 e. The second kappa shape index (κ2) is 11.9. The number of hydrogen-bond donors (Lipinski definition) is 2. The van der Waals surface area contributed by atoms with Gasteiger partial charge < -0.3 is 19.8 Å². The van der Waals surface area contributed by atoms with Crippen molar-refractivity contribution in [1.29, 1.82) is 5.26 Å². The van der Waals surface area contributed by atoms with Gasteiger partial charge in [0, 0.05) is 23.6 Å². The lowest BCUT2D eigenvalue weighted by Gasteiger charge is -2.11. The molecule has 1 heterocycles. The van der Waals surface area contributed by atoms with E-state index in [2.05, 4.69) is 48.8 Å². The minimum atomic E-state index is -0.458. The number of ether oxygens (including phenoxy) is 2. The summed E-state index contributed by atoms with van der Waals surface area (Å²) >= 11 is 5.49. The molecule has 0 atom stereocenters. The van der Waals surface area contributed by atoms with Gasteiger partial charge in [0.15, 0.2) is 6.61 Å². The maximum Gasteiger partial charge on any atom is 0.344 e. The van der Waals surface area contributed by atoms with E-state index < -0.39 is 11.9 Å². The van der Waals surface area contributed by atoms with Crippen molar-refractivity contribution in [3.63, 3.8) is 0 Å². The van der Waals surface area contributed by atoms with Gasteiger partial charge in [-0.15, -0.1) is 0 Å². The molecular weight excluding hydrogens is 601 g/mol. The van der Waals surface area contributed by atoms with Crippen LogP contribution in [-0.4, -0.2) is 36.6 Å². The van der Waals surface area contributed by atoms with E-state index >= 15 is 0 Å². The predicted octanol–water partition coefficient (Wildman–Crippen LogP) is 4.74. The molecule has 7 nitrogen and oxygen atoms in total. The molecule has 2 aromatic carbocycles. The largest absolute Gasteiger partial charge is 0.480 e. The molecule has 33 heavy (non-hydrogen) atoms. The maximum atomic E-state index is 12.5. The first-order valence-electron chi connectivity index (χ1n) is 10.1. The summed E-state index contributed by atoms with van der Waals surface area (Å²) in [6.45, 7) is 2.20. The van der Waals surface area contributed by atoms with Crippen LogP contribution in [0.4, 0.5) is 0 Å². The number of hydrogen-bond acceptors (Lipinski definition) is 5. The summed E-state index contributed by atoms with van der Waals surface area (Å²) in [6.07, 6.45) is 4.09. The molecule has 1 aromatic heterocycles. The number of nitriles is 1. The molecule has 170 valence electrons. The number of aromatic nitrogens is 1. The number of nitrogens with one attached hydrogen (secondary N) is 2. The quantitative estimate of drug-likeness (QED) is 0.155. The molecule has 0 saturated carbocycles. The van der Waals surface area contributed by atoms with Crippen LogP contribution in [0.3, 0.4) is 0 Å². The number of rotatable bonds is 9. The van der Waals surface area contributed by atoms with E-state index in [1.54, 1.807) is 19.1 Å². The van der Waals surface area contributed by atoms with Crippen molar-refractivity contribution >= 4 is 67.4 Å². The first-order chi connectivity index (χ1) is 15.9. The first-order valence-corrected chi connectivity index (χ1v) is 12.0. The van der Waals surface area contributed by atoms with Gasteiger partial charge in [0.05, 0.1) is 14.6 Å². The van der Waals surface area contributed by atoms with Crippen molar-refractivity contribution in [2.24, 2.45) is 0 Å². The Morgan fingerprint density at radius 3 is 2.82 bits per heavy atom. The summed E-state index contributed by atoms with van der Waals surface area (Å²) in [5.41, 5.74) is 2.80. The van der Waals surface area contributed by atoms with E-state index in [-0.39, 0.29) is 18.8 Å². The average molecular weight is 622 g/mol. The lowest BCUT2D eigenvalue weighted by Crippen LogP contribution is -2.26. The summed E-state index contributed by atoms with van der Waals surface area (Å²) in [4.78, 5) is 27.3. The van der Waals surface area contributed by atoms with Crippen molar-refractivity contribution < 1.29 is 19.1 Å². The van der Waals surface area contributed by atoms with Gasteiger partial charge >= 0.3 is 5.97 Å². The highest BCUT2D eigenvalue weighted by atomic mass is 127. The Hall–Kier alpha value is -2.84. The maximum absolute atomic E-state index is 12.5. The number of nitrogens with zero attached hydrogens (tertiary/aromatic N) is 1. The van der Waals surface area contributed by atoms with E-state index in [0.29, 0.717) is 28.8 Å². The van der Waals surface area contributed by atoms with E-state index in [9.17, 15) is 14.9 Å². The molecule has 0 aliphatic rings. The number of carbonyl (C=O) groups is 2. The zero-order valence-electron chi connectivity index (χ0n) is 17.8. The number of halogens is 2. The van der Waals surface area contributed by atoms with E-state index in [1.165, 1.54) is 6.08 Å². The molecule has 0 aliphatic heterocycles. The second-order valence-corrected chi connectivity index (χ2v) is 8.96. The number of carbonyl (C=O) groups excluding carboxylic acids is 2. The van der Waals surface area contributed by atoms with Crippen LogP contribution in [0, 0.1) is 14.9 Å². The fourth-order valence-corrected chi connectivity index (χ4v) is 4.96. The monoisotopic (exact) mass is 621 g/mol. The van der Waals surface area contributed by atoms with Crippen LogP contribution in [0.15, 0.2) is 52.6 Å². The number of amides is 1. The number of para-hydroxylation sites is 1. The molecule has 0 bridgehead atoms. The van der Waals surface area contributed by atoms with Gasteiger partial charge in [-0.2, -0.15) is 5.26 Å². The van der Waals surface area contributed by atoms with Crippen molar-refractivity contribution in [1.82, 2.24) is 10.3 Å². The molecule has 0 radical (unpaired) electrons. The molecule has 0 spiro atoms. The highest BCUT2D eigenvalue weighted by Gasteiger charge is 2.14. The molecule has 1 amide bonds. The van der Waals surface area contributed by atoms with Crippen molar-refractivity contribution in [2.75, 3.05) is 19.8 Å². The van der Waals surface area contributed by atoms with Crippen molar-refractivity contribution in [3.8, 4) is 11.8 Å². The Morgan fingerprint density at radius 1 is 1.30 bits per heavy atom. The van der Waals surface area contributed by atoms with E-state index in [1.807, 2.05) is 36.5 Å². The third kappa shape index (κ3) is 6.58. The van der Waals surface area contributed by atoms with E-state index in [0.717, 1.165) is 20.0 Å². The minimum absolute atomic E-state index is 0.00295. The summed E-state index contributed by atoms with van der Waals surface area (Å²) in [5.74, 6) is -0.408. The Morgan fingerprint density at radius 2 is 2.09 bits per heavy atom. The highest BCUT2D eigenvalue weighted by molar-refractivity contribution is 14.1. The third-order valence-corrected chi connectivity index (χ3v) is 6.08. The number of fused-ring (bicyclic) bond motifs is 1. The predicted molar refractivity (Wildman–Crippen MR) is 138 cm³/mol. The molecule has 0 unspecified atom stereocenters. The van der Waals surface area contributed by atoms with Crippen LogP contribution in [0.5, 0.6) is 5.75 Å². The SMILES string of the molecule is CCOC(=O)COc1c(Br)cc(/C=C(/C#N)C(=O)NCCc2c[nH]c3ccccc23)cc1I. The number of H-pyrrole nitrogens is 1. The van der Waals surface area contributed by atoms with Crippen LogP contribution < -0.4 is 10.1 Å². The van der Waals surface area contributed by atoms with Crippen LogP contribution >= 0.6 is 38.5 Å². The Labute approximate surface area is 213 Å². The summed E-state index contributed by atoms with van der Waals surface area (Å²) < 4.78 is 11.7. The number of benzene rings is 2. The van der Waals surface area contributed by atoms with Gasteiger partial charge in [-0.05, 0) is 87.3 Å². The highest BCUT2D eigenvalue weighted by Crippen LogP contribution is 2.32. The zero-order valence-corrected chi connectivity index (χ0v) is 21.5. The fraction of sp³-hybridized carbons (Fsp3) is 0.208. The smallest absolute Gasteiger partial charge is 0.344 e. The molecule has 3 aromatic rings. The second-order valence-electron chi connectivity index (χ2n) is 6.94. The summed E-state index contributed by atoms with van der Waals surface area (Å²) in [7, 11) is 0. The van der Waals surface area contributed by atoms with Gasteiger partial charge in [0.1, 0.15) is 17.4 Å². The Bertz CT molecular complexity index is 1220. The average Bonchev–Trinajstić information content (AvgIpc) is 3.20. The molecule has 2 N–H and O–H groups in total.